The van der Waals surface area contributed by atoms with Crippen LogP contribution in [-0.4, -0.2) is 55.3 Å². The van der Waals surface area contributed by atoms with E-state index in [4.69, 9.17) is 5.26 Å². The summed E-state index contributed by atoms with van der Waals surface area (Å²) in [6.07, 6.45) is 1.20. The number of hydrogen-bond donors (Lipinski definition) is 3. The van der Waals surface area contributed by atoms with Gasteiger partial charge in [0.25, 0.3) is 5.91 Å². The summed E-state index contributed by atoms with van der Waals surface area (Å²) < 4.78 is 54.9. The molecule has 1 aromatic heterocycles. The number of sulfone groups is 1. The number of rotatable bonds is 10. The van der Waals surface area contributed by atoms with E-state index in [1.54, 1.807) is 6.07 Å². The average Bonchev–Trinajstić information content (AvgIpc) is 2.72. The van der Waals surface area contributed by atoms with E-state index in [1.165, 1.54) is 42.6 Å². The molecule has 32 heavy (non-hydrogen) atoms. The lowest BCUT2D eigenvalue weighted by Crippen LogP contribution is -2.50. The largest absolute Gasteiger partial charge is 0.505 e. The van der Waals surface area contributed by atoms with Gasteiger partial charge in [0.1, 0.15) is 24.1 Å². The van der Waals surface area contributed by atoms with Crippen molar-refractivity contribution in [2.45, 2.75) is 18.4 Å². The van der Waals surface area contributed by atoms with Crippen LogP contribution in [0.2, 0.25) is 0 Å². The minimum Gasteiger partial charge on any atom is -0.505 e. The van der Waals surface area contributed by atoms with Crippen molar-refractivity contribution in [3.8, 4) is 17.6 Å². The Kier molecular flexibility index (Phi) is 8.42. The molecule has 1 heterocycles. The molecule has 0 radical (unpaired) electrons. The molecule has 3 N–H and O–H groups in total. The molecule has 2 rings (SSSR count). The van der Waals surface area contributed by atoms with Crippen LogP contribution in [0, 0.1) is 11.3 Å². The van der Waals surface area contributed by atoms with Crippen LogP contribution in [0.15, 0.2) is 42.6 Å². The molecule has 0 spiro atoms. The number of para-hydroxylation sites is 1. The highest BCUT2D eigenvalue weighted by atomic mass is 32.2. The smallest absolute Gasteiger partial charge is 0.387 e. The van der Waals surface area contributed by atoms with Crippen molar-refractivity contribution in [2.75, 3.05) is 12.3 Å². The molecule has 0 aliphatic heterocycles. The Labute approximate surface area is 181 Å². The first-order chi connectivity index (χ1) is 15.1. The number of amides is 2. The number of hydrogen-bond acceptors (Lipinski definition) is 8. The number of halogens is 2. The number of ether oxygens (including phenoxy) is 1. The topological polar surface area (TPSA) is 158 Å². The number of aromatic hydroxyl groups is 1. The van der Waals surface area contributed by atoms with Gasteiger partial charge in [-0.25, -0.2) is 13.4 Å². The molecule has 2 amide bonds. The highest BCUT2D eigenvalue weighted by Gasteiger charge is 2.29. The van der Waals surface area contributed by atoms with E-state index in [2.05, 4.69) is 20.4 Å². The number of carbonyl (C=O) groups is 2. The minimum absolute atomic E-state index is 0.0716. The first-order valence-electron chi connectivity index (χ1n) is 8.95. The summed E-state index contributed by atoms with van der Waals surface area (Å²) in [5, 5.41) is 22.7. The van der Waals surface area contributed by atoms with Crippen molar-refractivity contribution in [2.24, 2.45) is 0 Å². The standard InChI is InChI=1S/C19H18F2N4O6S/c20-19(21)31-15-6-2-1-4-12(15)10-32(29,30)11-13(17(27)24-9-7-22)25-18(28)16-14(26)5-3-8-23-16/h1-6,8,13,19,26H,9-11H2,(H,24,27)(H,25,28)/t13-/m0/s1. The fraction of sp³-hybridized carbons (Fsp3) is 0.263. The van der Waals surface area contributed by atoms with Crippen LogP contribution < -0.4 is 15.4 Å². The molecule has 2 aromatic rings. The maximum absolute atomic E-state index is 12.7. The SMILES string of the molecule is N#CCNC(=O)[C@H](CS(=O)(=O)Cc1ccccc1OC(F)F)NC(=O)c1ncccc1O. The van der Waals surface area contributed by atoms with Crippen molar-refractivity contribution in [3.63, 3.8) is 0 Å². The molecular formula is C19H18F2N4O6S. The molecule has 0 saturated carbocycles. The second-order valence-electron chi connectivity index (χ2n) is 6.31. The molecule has 170 valence electrons. The summed E-state index contributed by atoms with van der Waals surface area (Å²) in [6.45, 7) is -3.63. The van der Waals surface area contributed by atoms with E-state index in [9.17, 15) is 31.9 Å². The number of benzene rings is 1. The quantitative estimate of drug-likeness (QED) is 0.431. The van der Waals surface area contributed by atoms with Crippen molar-refractivity contribution < 1.29 is 36.6 Å². The van der Waals surface area contributed by atoms with Gasteiger partial charge in [-0.1, -0.05) is 18.2 Å². The average molecular weight is 468 g/mol. The molecule has 0 fully saturated rings. The number of alkyl halides is 2. The Balaban J connectivity index is 2.25. The van der Waals surface area contributed by atoms with Crippen LogP contribution in [-0.2, 0) is 20.4 Å². The predicted molar refractivity (Wildman–Crippen MR) is 106 cm³/mol. The van der Waals surface area contributed by atoms with Gasteiger partial charge in [-0.2, -0.15) is 14.0 Å². The van der Waals surface area contributed by atoms with Crippen LogP contribution in [0.4, 0.5) is 8.78 Å². The van der Waals surface area contributed by atoms with Crippen LogP contribution in [0.1, 0.15) is 16.1 Å². The third kappa shape index (κ3) is 7.17. The number of aromatic nitrogens is 1. The molecule has 0 saturated heterocycles. The Morgan fingerprint density at radius 1 is 1.22 bits per heavy atom. The maximum atomic E-state index is 12.7. The van der Waals surface area contributed by atoms with Gasteiger partial charge in [-0.15, -0.1) is 0 Å². The zero-order chi connectivity index (χ0) is 23.7. The van der Waals surface area contributed by atoms with Gasteiger partial charge in [0.05, 0.1) is 17.6 Å². The number of nitriles is 1. The molecule has 0 aliphatic rings. The van der Waals surface area contributed by atoms with Gasteiger partial charge >= 0.3 is 6.61 Å². The number of carbonyl (C=O) groups excluding carboxylic acids is 2. The van der Waals surface area contributed by atoms with Gasteiger partial charge in [-0.05, 0) is 18.2 Å². The third-order valence-electron chi connectivity index (χ3n) is 3.95. The lowest BCUT2D eigenvalue weighted by atomic mass is 10.2. The highest BCUT2D eigenvalue weighted by Crippen LogP contribution is 2.23. The number of nitrogens with one attached hydrogen (secondary N) is 2. The van der Waals surface area contributed by atoms with Gasteiger partial charge in [0.15, 0.2) is 15.5 Å². The zero-order valence-corrected chi connectivity index (χ0v) is 17.2. The van der Waals surface area contributed by atoms with Gasteiger partial charge in [0, 0.05) is 11.8 Å². The van der Waals surface area contributed by atoms with Gasteiger partial charge in [-0.3, -0.25) is 9.59 Å². The minimum atomic E-state index is -4.17. The summed E-state index contributed by atoms with van der Waals surface area (Å²) in [7, 11) is -4.17. The van der Waals surface area contributed by atoms with E-state index in [-0.39, 0.29) is 11.3 Å². The van der Waals surface area contributed by atoms with Crippen molar-refractivity contribution >= 4 is 21.7 Å². The summed E-state index contributed by atoms with van der Waals surface area (Å²) in [4.78, 5) is 28.4. The Bertz CT molecular complexity index is 1120. The summed E-state index contributed by atoms with van der Waals surface area (Å²) >= 11 is 0. The first-order valence-corrected chi connectivity index (χ1v) is 10.8. The normalized spacial score (nSPS) is 11.9. The molecular weight excluding hydrogens is 450 g/mol. The third-order valence-corrected chi connectivity index (χ3v) is 5.54. The zero-order valence-electron chi connectivity index (χ0n) is 16.4. The second-order valence-corrected chi connectivity index (χ2v) is 8.42. The fourth-order valence-electron chi connectivity index (χ4n) is 2.61. The van der Waals surface area contributed by atoms with Gasteiger partial charge in [0.2, 0.25) is 5.91 Å². The molecule has 0 aliphatic carbocycles. The molecule has 0 bridgehead atoms. The predicted octanol–water partition coefficient (Wildman–Crippen LogP) is 0.742. The van der Waals surface area contributed by atoms with Crippen molar-refractivity contribution in [1.29, 1.82) is 5.26 Å². The van der Waals surface area contributed by atoms with Crippen molar-refractivity contribution in [1.82, 2.24) is 15.6 Å². The van der Waals surface area contributed by atoms with Crippen LogP contribution in [0.5, 0.6) is 11.5 Å². The van der Waals surface area contributed by atoms with E-state index in [0.717, 1.165) is 0 Å². The fourth-order valence-corrected chi connectivity index (χ4v) is 4.19. The van der Waals surface area contributed by atoms with Crippen molar-refractivity contribution in [3.05, 3.63) is 53.9 Å². The molecule has 13 heteroatoms. The van der Waals surface area contributed by atoms with Gasteiger partial charge < -0.3 is 20.5 Å². The number of pyridine rings is 1. The summed E-state index contributed by atoms with van der Waals surface area (Å²) in [5.41, 5.74) is -0.517. The van der Waals surface area contributed by atoms with Crippen LogP contribution in [0.25, 0.3) is 0 Å². The Morgan fingerprint density at radius 2 is 1.94 bits per heavy atom. The number of nitrogens with zero attached hydrogens (tertiary/aromatic N) is 2. The van der Waals surface area contributed by atoms with E-state index in [0.29, 0.717) is 0 Å². The highest BCUT2D eigenvalue weighted by molar-refractivity contribution is 7.90. The lowest BCUT2D eigenvalue weighted by molar-refractivity contribution is -0.122. The second kappa shape index (κ2) is 11.0. The monoisotopic (exact) mass is 468 g/mol. The van der Waals surface area contributed by atoms with E-state index in [1.807, 2.05) is 0 Å². The van der Waals surface area contributed by atoms with Crippen LogP contribution >= 0.6 is 0 Å². The van der Waals surface area contributed by atoms with E-state index < -0.39 is 63.8 Å². The lowest BCUT2D eigenvalue weighted by Gasteiger charge is -2.18. The summed E-state index contributed by atoms with van der Waals surface area (Å²) in [6, 6.07) is 7.74. The van der Waals surface area contributed by atoms with Crippen LogP contribution in [0.3, 0.4) is 0 Å². The summed E-state index contributed by atoms with van der Waals surface area (Å²) in [5.74, 6) is -4.54. The Hall–Kier alpha value is -3.79. The first kappa shape index (κ1) is 24.5. The Morgan fingerprint density at radius 3 is 2.59 bits per heavy atom. The maximum Gasteiger partial charge on any atom is 0.387 e. The van der Waals surface area contributed by atoms with E-state index >= 15 is 0 Å². The molecule has 0 unspecified atom stereocenters. The molecule has 10 nitrogen and oxygen atoms in total. The molecule has 1 atom stereocenters. The molecule has 1 aromatic carbocycles.